The highest BCUT2D eigenvalue weighted by Crippen LogP contribution is 2.20. The van der Waals surface area contributed by atoms with Crippen LogP contribution in [-0.4, -0.2) is 72.6 Å². The predicted octanol–water partition coefficient (Wildman–Crippen LogP) is 0.469. The Balaban J connectivity index is 1.71. The van der Waals surface area contributed by atoms with Gasteiger partial charge in [-0.05, 0) is 27.7 Å². The van der Waals surface area contributed by atoms with Gasteiger partial charge in [-0.1, -0.05) is 0 Å². The molecule has 2 amide bonds. The van der Waals surface area contributed by atoms with Crippen molar-refractivity contribution in [1.29, 1.82) is 0 Å². The lowest BCUT2D eigenvalue weighted by Crippen LogP contribution is -2.48. The van der Waals surface area contributed by atoms with E-state index in [2.05, 4.69) is 24.1 Å². The molecule has 0 aromatic heterocycles. The van der Waals surface area contributed by atoms with Gasteiger partial charge in [-0.3, -0.25) is 14.5 Å². The second-order valence-electron chi connectivity index (χ2n) is 6.85. The lowest BCUT2D eigenvalue weighted by atomic mass is 10.1. The maximum absolute atomic E-state index is 12.2. The predicted molar refractivity (Wildman–Crippen MR) is 84.4 cm³/mol. The maximum atomic E-state index is 12.2. The summed E-state index contributed by atoms with van der Waals surface area (Å²) in [6.45, 7) is 11.9. The molecule has 0 aliphatic carbocycles. The SMILES string of the molecule is CC(C)N1C[C@H](C(=O)NCCN2C[C@@H](C)O[C@@H](C)C2)CC1=O. The molecule has 0 aromatic rings. The quantitative estimate of drug-likeness (QED) is 0.802. The molecule has 2 fully saturated rings. The van der Waals surface area contributed by atoms with Gasteiger partial charge in [0.1, 0.15) is 0 Å². The molecule has 2 rings (SSSR count). The van der Waals surface area contributed by atoms with Crippen molar-refractivity contribution in [3.63, 3.8) is 0 Å². The van der Waals surface area contributed by atoms with E-state index >= 15 is 0 Å². The van der Waals surface area contributed by atoms with Crippen LogP contribution in [0.1, 0.15) is 34.1 Å². The fourth-order valence-corrected chi connectivity index (χ4v) is 3.35. The van der Waals surface area contributed by atoms with Crippen LogP contribution in [0.4, 0.5) is 0 Å². The average Bonchev–Trinajstić information content (AvgIpc) is 2.80. The number of likely N-dealkylation sites (tertiary alicyclic amines) is 1. The molecule has 2 saturated heterocycles. The molecule has 3 atom stereocenters. The van der Waals surface area contributed by atoms with Crippen molar-refractivity contribution < 1.29 is 14.3 Å². The van der Waals surface area contributed by atoms with Crippen LogP contribution in [0.25, 0.3) is 0 Å². The first-order valence-corrected chi connectivity index (χ1v) is 8.31. The van der Waals surface area contributed by atoms with E-state index in [0.717, 1.165) is 19.6 Å². The van der Waals surface area contributed by atoms with Crippen molar-refractivity contribution in [1.82, 2.24) is 15.1 Å². The van der Waals surface area contributed by atoms with Crippen molar-refractivity contribution in [2.75, 3.05) is 32.7 Å². The van der Waals surface area contributed by atoms with Gasteiger partial charge in [-0.25, -0.2) is 0 Å². The minimum atomic E-state index is -0.197. The minimum Gasteiger partial charge on any atom is -0.373 e. The zero-order valence-electron chi connectivity index (χ0n) is 14.2. The first-order chi connectivity index (χ1) is 10.4. The van der Waals surface area contributed by atoms with Crippen LogP contribution in [0.5, 0.6) is 0 Å². The first-order valence-electron chi connectivity index (χ1n) is 8.31. The zero-order valence-corrected chi connectivity index (χ0v) is 14.2. The summed E-state index contributed by atoms with van der Waals surface area (Å²) in [7, 11) is 0. The van der Waals surface area contributed by atoms with E-state index in [0.29, 0.717) is 19.5 Å². The zero-order chi connectivity index (χ0) is 16.3. The van der Waals surface area contributed by atoms with Crippen molar-refractivity contribution in [3.05, 3.63) is 0 Å². The van der Waals surface area contributed by atoms with Gasteiger partial charge in [0.2, 0.25) is 11.8 Å². The molecular formula is C16H29N3O3. The number of amides is 2. The largest absolute Gasteiger partial charge is 0.373 e. The molecule has 0 radical (unpaired) electrons. The van der Waals surface area contributed by atoms with Gasteiger partial charge >= 0.3 is 0 Å². The van der Waals surface area contributed by atoms with Crippen molar-refractivity contribution in [2.24, 2.45) is 5.92 Å². The molecule has 6 heteroatoms. The Hall–Kier alpha value is -1.14. The molecule has 6 nitrogen and oxygen atoms in total. The van der Waals surface area contributed by atoms with E-state index in [1.807, 2.05) is 13.8 Å². The van der Waals surface area contributed by atoms with Crippen LogP contribution in [0, 0.1) is 5.92 Å². The number of nitrogens with zero attached hydrogens (tertiary/aromatic N) is 2. The molecule has 0 unspecified atom stereocenters. The standard InChI is InChI=1S/C16H29N3O3/c1-11(2)19-10-14(7-15(19)20)16(21)17-5-6-18-8-12(3)22-13(4)9-18/h11-14H,5-10H2,1-4H3,(H,17,21)/t12-,13+,14-/m1/s1. The lowest BCUT2D eigenvalue weighted by molar-refractivity contribution is -0.130. The number of nitrogens with one attached hydrogen (secondary N) is 1. The molecule has 0 aromatic carbocycles. The third-order valence-electron chi connectivity index (χ3n) is 4.38. The van der Waals surface area contributed by atoms with E-state index in [1.54, 1.807) is 4.90 Å². The molecule has 2 aliphatic heterocycles. The van der Waals surface area contributed by atoms with Crippen LogP contribution in [0.3, 0.4) is 0 Å². The third kappa shape index (κ3) is 4.43. The summed E-state index contributed by atoms with van der Waals surface area (Å²) < 4.78 is 5.70. The van der Waals surface area contributed by atoms with E-state index < -0.39 is 0 Å². The smallest absolute Gasteiger partial charge is 0.225 e. The molecule has 1 N–H and O–H groups in total. The minimum absolute atomic E-state index is 0.00542. The summed E-state index contributed by atoms with van der Waals surface area (Å²) in [4.78, 5) is 28.1. The first kappa shape index (κ1) is 17.2. The van der Waals surface area contributed by atoms with E-state index in [-0.39, 0.29) is 36.0 Å². The van der Waals surface area contributed by atoms with Gasteiger partial charge in [0.25, 0.3) is 0 Å². The van der Waals surface area contributed by atoms with E-state index in [9.17, 15) is 9.59 Å². The van der Waals surface area contributed by atoms with Crippen LogP contribution >= 0.6 is 0 Å². The Morgan fingerprint density at radius 1 is 1.27 bits per heavy atom. The third-order valence-corrected chi connectivity index (χ3v) is 4.38. The number of morpholine rings is 1. The van der Waals surface area contributed by atoms with Crippen LogP contribution in [0.15, 0.2) is 0 Å². The van der Waals surface area contributed by atoms with Gasteiger partial charge in [-0.2, -0.15) is 0 Å². The van der Waals surface area contributed by atoms with E-state index in [1.165, 1.54) is 0 Å². The summed E-state index contributed by atoms with van der Waals surface area (Å²) in [5, 5.41) is 2.98. The summed E-state index contributed by atoms with van der Waals surface area (Å²) in [5.74, 6) is -0.103. The monoisotopic (exact) mass is 311 g/mol. The second-order valence-corrected chi connectivity index (χ2v) is 6.85. The van der Waals surface area contributed by atoms with Gasteiger partial charge in [0, 0.05) is 45.2 Å². The Kier molecular flexibility index (Phi) is 5.81. The number of carbonyl (C=O) groups excluding carboxylic acids is 2. The Labute approximate surface area is 133 Å². The van der Waals surface area contributed by atoms with Gasteiger partial charge in [-0.15, -0.1) is 0 Å². The highest BCUT2D eigenvalue weighted by molar-refractivity contribution is 5.89. The second kappa shape index (κ2) is 7.42. The summed E-state index contributed by atoms with van der Waals surface area (Å²) in [6, 6.07) is 0.168. The van der Waals surface area contributed by atoms with Gasteiger partial charge < -0.3 is 15.0 Å². The molecule has 0 bridgehead atoms. The number of ether oxygens (including phenoxy) is 1. The van der Waals surface area contributed by atoms with Crippen LogP contribution < -0.4 is 5.32 Å². The fourth-order valence-electron chi connectivity index (χ4n) is 3.35. The summed E-state index contributed by atoms with van der Waals surface area (Å²) in [6.07, 6.45) is 0.827. The molecule has 0 spiro atoms. The highest BCUT2D eigenvalue weighted by atomic mass is 16.5. The summed E-state index contributed by atoms with van der Waals surface area (Å²) in [5.41, 5.74) is 0. The molecule has 126 valence electrons. The van der Waals surface area contributed by atoms with Crippen molar-refractivity contribution in [3.8, 4) is 0 Å². The number of hydrogen-bond donors (Lipinski definition) is 1. The van der Waals surface area contributed by atoms with Crippen LogP contribution in [-0.2, 0) is 14.3 Å². The molecular weight excluding hydrogens is 282 g/mol. The van der Waals surface area contributed by atoms with Gasteiger partial charge in [0.05, 0.1) is 18.1 Å². The molecule has 0 saturated carbocycles. The Morgan fingerprint density at radius 2 is 1.91 bits per heavy atom. The van der Waals surface area contributed by atoms with Crippen molar-refractivity contribution >= 4 is 11.8 Å². The Bertz CT molecular complexity index is 403. The van der Waals surface area contributed by atoms with Crippen LogP contribution in [0.2, 0.25) is 0 Å². The molecule has 22 heavy (non-hydrogen) atoms. The lowest BCUT2D eigenvalue weighted by Gasteiger charge is -2.35. The summed E-state index contributed by atoms with van der Waals surface area (Å²) >= 11 is 0. The molecule has 2 heterocycles. The highest BCUT2D eigenvalue weighted by Gasteiger charge is 2.35. The topological polar surface area (TPSA) is 61.9 Å². The van der Waals surface area contributed by atoms with E-state index in [4.69, 9.17) is 4.74 Å². The fraction of sp³-hybridized carbons (Fsp3) is 0.875. The number of carbonyl (C=O) groups is 2. The molecule has 2 aliphatic rings. The van der Waals surface area contributed by atoms with Gasteiger partial charge in [0.15, 0.2) is 0 Å². The normalized spacial score (nSPS) is 30.1. The Morgan fingerprint density at radius 3 is 2.45 bits per heavy atom. The van der Waals surface area contributed by atoms with Crippen molar-refractivity contribution in [2.45, 2.75) is 52.4 Å². The maximum Gasteiger partial charge on any atom is 0.225 e. The number of rotatable bonds is 5. The number of hydrogen-bond acceptors (Lipinski definition) is 4. The average molecular weight is 311 g/mol.